The lowest BCUT2D eigenvalue weighted by atomic mass is 10.1. The van der Waals surface area contributed by atoms with E-state index in [9.17, 15) is 0 Å². The Bertz CT molecular complexity index is 114. The Kier molecular flexibility index (Phi) is 6.19. The maximum atomic E-state index is 8.37. The van der Waals surface area contributed by atoms with Crippen LogP contribution in [0.1, 0.15) is 26.2 Å². The molecule has 0 aromatic carbocycles. The molecule has 0 heterocycles. The van der Waals surface area contributed by atoms with Gasteiger partial charge in [0.1, 0.15) is 0 Å². The summed E-state index contributed by atoms with van der Waals surface area (Å²) in [5.74, 6) is 0. The third-order valence-corrected chi connectivity index (χ3v) is 1.25. The SMILES string of the molecule is C=C(C)CCC/C=C/CO. The molecule has 0 aliphatic carbocycles. The van der Waals surface area contributed by atoms with Gasteiger partial charge in [0.15, 0.2) is 0 Å². The van der Waals surface area contributed by atoms with Gasteiger partial charge in [-0.25, -0.2) is 0 Å². The van der Waals surface area contributed by atoms with Crippen LogP contribution in [-0.2, 0) is 0 Å². The monoisotopic (exact) mass is 140 g/mol. The fourth-order valence-corrected chi connectivity index (χ4v) is 0.714. The van der Waals surface area contributed by atoms with E-state index in [-0.39, 0.29) is 6.61 Å². The van der Waals surface area contributed by atoms with Crippen molar-refractivity contribution in [3.8, 4) is 0 Å². The van der Waals surface area contributed by atoms with E-state index in [0.717, 1.165) is 19.3 Å². The van der Waals surface area contributed by atoms with Gasteiger partial charge in [-0.2, -0.15) is 0 Å². The molecule has 0 saturated carbocycles. The smallest absolute Gasteiger partial charge is 0.0612 e. The summed E-state index contributed by atoms with van der Waals surface area (Å²) in [4.78, 5) is 0. The molecule has 0 aliphatic rings. The van der Waals surface area contributed by atoms with Gasteiger partial charge in [0, 0.05) is 0 Å². The zero-order chi connectivity index (χ0) is 7.82. The summed E-state index contributed by atoms with van der Waals surface area (Å²) in [5, 5.41) is 8.37. The fourth-order valence-electron chi connectivity index (χ4n) is 0.714. The van der Waals surface area contributed by atoms with E-state index in [4.69, 9.17) is 5.11 Å². The molecule has 10 heavy (non-hydrogen) atoms. The van der Waals surface area contributed by atoms with Gasteiger partial charge in [0.2, 0.25) is 0 Å². The summed E-state index contributed by atoms with van der Waals surface area (Å²) in [6.45, 7) is 6.00. The quantitative estimate of drug-likeness (QED) is 0.459. The van der Waals surface area contributed by atoms with E-state index in [1.807, 2.05) is 13.0 Å². The molecular formula is C9H16O. The Morgan fingerprint density at radius 2 is 2.20 bits per heavy atom. The van der Waals surface area contributed by atoms with Crippen molar-refractivity contribution in [1.82, 2.24) is 0 Å². The highest BCUT2D eigenvalue weighted by atomic mass is 16.2. The Labute approximate surface area is 63.1 Å². The van der Waals surface area contributed by atoms with E-state index < -0.39 is 0 Å². The predicted octanol–water partition coefficient (Wildman–Crippen LogP) is 2.28. The zero-order valence-electron chi connectivity index (χ0n) is 6.64. The fraction of sp³-hybridized carbons (Fsp3) is 0.556. The third-order valence-electron chi connectivity index (χ3n) is 1.25. The summed E-state index contributed by atoms with van der Waals surface area (Å²) in [7, 11) is 0. The van der Waals surface area contributed by atoms with Crippen LogP contribution in [-0.4, -0.2) is 11.7 Å². The standard InChI is InChI=1S/C9H16O/c1-9(2)7-5-3-4-6-8-10/h4,6,10H,1,3,5,7-8H2,2H3/b6-4+. The third kappa shape index (κ3) is 7.44. The second kappa shape index (κ2) is 6.56. The minimum absolute atomic E-state index is 0.160. The molecule has 0 spiro atoms. The first-order chi connectivity index (χ1) is 4.77. The van der Waals surface area contributed by atoms with Gasteiger partial charge in [0.25, 0.3) is 0 Å². The first kappa shape index (κ1) is 9.44. The van der Waals surface area contributed by atoms with Gasteiger partial charge in [-0.3, -0.25) is 0 Å². The molecule has 1 N–H and O–H groups in total. The molecule has 0 unspecified atom stereocenters. The zero-order valence-corrected chi connectivity index (χ0v) is 6.64. The molecular weight excluding hydrogens is 124 g/mol. The number of hydrogen-bond acceptors (Lipinski definition) is 1. The number of aliphatic hydroxyl groups excluding tert-OH is 1. The predicted molar refractivity (Wildman–Crippen MR) is 44.9 cm³/mol. The second-order valence-corrected chi connectivity index (χ2v) is 2.50. The van der Waals surface area contributed by atoms with Crippen LogP contribution in [0, 0.1) is 0 Å². The van der Waals surface area contributed by atoms with Crippen LogP contribution in [0.25, 0.3) is 0 Å². The van der Waals surface area contributed by atoms with Gasteiger partial charge < -0.3 is 5.11 Å². The first-order valence-corrected chi connectivity index (χ1v) is 3.67. The van der Waals surface area contributed by atoms with Crippen molar-refractivity contribution in [3.05, 3.63) is 24.3 Å². The Morgan fingerprint density at radius 1 is 1.50 bits per heavy atom. The summed E-state index contributed by atoms with van der Waals surface area (Å²) >= 11 is 0. The highest BCUT2D eigenvalue weighted by molar-refractivity contribution is 4.89. The number of rotatable bonds is 5. The van der Waals surface area contributed by atoms with E-state index in [2.05, 4.69) is 6.58 Å². The van der Waals surface area contributed by atoms with Gasteiger partial charge in [-0.15, -0.1) is 6.58 Å². The lowest BCUT2D eigenvalue weighted by Gasteiger charge is -1.93. The van der Waals surface area contributed by atoms with Crippen LogP contribution in [0.3, 0.4) is 0 Å². The average Bonchev–Trinajstić information content (AvgIpc) is 1.87. The largest absolute Gasteiger partial charge is 0.392 e. The van der Waals surface area contributed by atoms with Crippen molar-refractivity contribution in [2.24, 2.45) is 0 Å². The minimum atomic E-state index is 0.160. The van der Waals surface area contributed by atoms with Gasteiger partial charge in [-0.1, -0.05) is 17.7 Å². The molecule has 0 aliphatic heterocycles. The molecule has 0 aromatic rings. The normalized spacial score (nSPS) is 10.6. The van der Waals surface area contributed by atoms with Crippen molar-refractivity contribution in [1.29, 1.82) is 0 Å². The molecule has 0 rings (SSSR count). The van der Waals surface area contributed by atoms with Crippen LogP contribution >= 0.6 is 0 Å². The summed E-state index contributed by atoms with van der Waals surface area (Å²) in [6, 6.07) is 0. The molecule has 0 radical (unpaired) electrons. The molecule has 0 aromatic heterocycles. The first-order valence-electron chi connectivity index (χ1n) is 3.67. The van der Waals surface area contributed by atoms with Gasteiger partial charge >= 0.3 is 0 Å². The Morgan fingerprint density at radius 3 is 2.70 bits per heavy atom. The summed E-state index contributed by atoms with van der Waals surface area (Å²) < 4.78 is 0. The number of unbranched alkanes of at least 4 members (excludes halogenated alkanes) is 1. The molecule has 0 amide bonds. The highest BCUT2D eigenvalue weighted by Gasteiger charge is 1.83. The van der Waals surface area contributed by atoms with Crippen LogP contribution in [0.5, 0.6) is 0 Å². The van der Waals surface area contributed by atoms with E-state index in [1.165, 1.54) is 5.57 Å². The van der Waals surface area contributed by atoms with Gasteiger partial charge in [0.05, 0.1) is 6.61 Å². The molecule has 58 valence electrons. The highest BCUT2D eigenvalue weighted by Crippen LogP contribution is 2.03. The van der Waals surface area contributed by atoms with Crippen molar-refractivity contribution in [3.63, 3.8) is 0 Å². The molecule has 0 bridgehead atoms. The van der Waals surface area contributed by atoms with E-state index >= 15 is 0 Å². The maximum Gasteiger partial charge on any atom is 0.0612 e. The lowest BCUT2D eigenvalue weighted by Crippen LogP contribution is -1.75. The van der Waals surface area contributed by atoms with Crippen molar-refractivity contribution in [2.45, 2.75) is 26.2 Å². The van der Waals surface area contributed by atoms with Crippen molar-refractivity contribution < 1.29 is 5.11 Å². The van der Waals surface area contributed by atoms with Crippen molar-refractivity contribution >= 4 is 0 Å². The van der Waals surface area contributed by atoms with Crippen LogP contribution in [0.2, 0.25) is 0 Å². The Balaban J connectivity index is 3.05. The van der Waals surface area contributed by atoms with E-state index in [1.54, 1.807) is 6.08 Å². The number of aliphatic hydroxyl groups is 1. The molecule has 0 fully saturated rings. The van der Waals surface area contributed by atoms with Crippen LogP contribution < -0.4 is 0 Å². The molecule has 0 atom stereocenters. The second-order valence-electron chi connectivity index (χ2n) is 2.50. The summed E-state index contributed by atoms with van der Waals surface area (Å²) in [6.07, 6.45) is 7.07. The topological polar surface area (TPSA) is 20.2 Å². The van der Waals surface area contributed by atoms with E-state index in [0.29, 0.717) is 0 Å². The number of allylic oxidation sites excluding steroid dienone is 2. The molecule has 1 heteroatoms. The molecule has 1 nitrogen and oxygen atoms in total. The maximum absolute atomic E-state index is 8.37. The van der Waals surface area contributed by atoms with Crippen molar-refractivity contribution in [2.75, 3.05) is 6.61 Å². The van der Waals surface area contributed by atoms with Crippen LogP contribution in [0.15, 0.2) is 24.3 Å². The molecule has 0 saturated heterocycles. The lowest BCUT2D eigenvalue weighted by molar-refractivity contribution is 0.342. The number of hydrogen-bond donors (Lipinski definition) is 1. The van der Waals surface area contributed by atoms with Gasteiger partial charge in [-0.05, 0) is 26.2 Å². The van der Waals surface area contributed by atoms with Crippen LogP contribution in [0.4, 0.5) is 0 Å². The Hall–Kier alpha value is -0.560. The summed E-state index contributed by atoms with van der Waals surface area (Å²) in [5.41, 5.74) is 1.23. The average molecular weight is 140 g/mol. The minimum Gasteiger partial charge on any atom is -0.392 e.